The topological polar surface area (TPSA) is 47.3 Å². The Labute approximate surface area is 133 Å². The fourth-order valence-electron chi connectivity index (χ4n) is 2.62. The van der Waals surface area contributed by atoms with Crippen molar-refractivity contribution in [2.45, 2.75) is 0 Å². The highest BCUT2D eigenvalue weighted by Crippen LogP contribution is 2.21. The largest absolute Gasteiger partial charge is 0.288 e. The molecule has 0 atom stereocenters. The number of ketones is 1. The molecule has 4 aromatic rings. The Morgan fingerprint density at radius 1 is 0.870 bits per heavy atom. The van der Waals surface area contributed by atoms with Gasteiger partial charge < -0.3 is 0 Å². The molecule has 0 fully saturated rings. The van der Waals surface area contributed by atoms with Gasteiger partial charge in [0.1, 0.15) is 0 Å². The fraction of sp³-hybridized carbons (Fsp3) is 0. The Morgan fingerprint density at radius 2 is 1.57 bits per heavy atom. The number of fused-ring (bicyclic) bond motifs is 1. The first kappa shape index (κ1) is 13.4. The lowest BCUT2D eigenvalue weighted by Crippen LogP contribution is -2.02. The van der Waals surface area contributed by atoms with Gasteiger partial charge in [0, 0.05) is 17.3 Å². The van der Waals surface area contributed by atoms with Gasteiger partial charge in [-0.15, -0.1) is 0 Å². The van der Waals surface area contributed by atoms with Crippen molar-refractivity contribution in [2.24, 2.45) is 0 Å². The maximum absolute atomic E-state index is 12.7. The van der Waals surface area contributed by atoms with Crippen molar-refractivity contribution >= 4 is 11.4 Å². The molecule has 110 valence electrons. The minimum atomic E-state index is -0.0710. The van der Waals surface area contributed by atoms with Crippen molar-refractivity contribution in [1.29, 1.82) is 0 Å². The van der Waals surface area contributed by atoms with Gasteiger partial charge in [-0.1, -0.05) is 60.7 Å². The molecule has 4 rings (SSSR count). The Morgan fingerprint density at radius 3 is 2.30 bits per heavy atom. The van der Waals surface area contributed by atoms with Crippen molar-refractivity contribution in [2.75, 3.05) is 0 Å². The zero-order chi connectivity index (χ0) is 15.6. The third-order valence-corrected chi connectivity index (χ3v) is 3.75. The van der Waals surface area contributed by atoms with E-state index in [4.69, 9.17) is 0 Å². The SMILES string of the molecule is O=C(c1ccccc1)c1cnn2c(-c3ccccc3)ccnc12. The van der Waals surface area contributed by atoms with Crippen LogP contribution >= 0.6 is 0 Å². The van der Waals surface area contributed by atoms with Gasteiger partial charge in [-0.05, 0) is 6.07 Å². The lowest BCUT2D eigenvalue weighted by molar-refractivity contribution is 0.104. The summed E-state index contributed by atoms with van der Waals surface area (Å²) in [5, 5.41) is 4.37. The van der Waals surface area contributed by atoms with Crippen LogP contribution in [0.1, 0.15) is 15.9 Å². The van der Waals surface area contributed by atoms with E-state index in [0.717, 1.165) is 11.3 Å². The van der Waals surface area contributed by atoms with Crippen molar-refractivity contribution in [3.8, 4) is 11.3 Å². The molecule has 0 radical (unpaired) electrons. The van der Waals surface area contributed by atoms with Gasteiger partial charge in [-0.3, -0.25) is 4.79 Å². The van der Waals surface area contributed by atoms with Crippen LogP contribution in [-0.4, -0.2) is 20.4 Å². The molecule has 0 amide bonds. The molecule has 0 unspecified atom stereocenters. The molecule has 0 bridgehead atoms. The maximum atomic E-state index is 12.7. The van der Waals surface area contributed by atoms with Crippen LogP contribution in [0.5, 0.6) is 0 Å². The molecule has 0 aliphatic carbocycles. The van der Waals surface area contributed by atoms with Crippen LogP contribution in [0.4, 0.5) is 0 Å². The lowest BCUT2D eigenvalue weighted by atomic mass is 10.1. The van der Waals surface area contributed by atoms with Crippen LogP contribution in [-0.2, 0) is 0 Å². The molecule has 0 aliphatic heterocycles. The van der Waals surface area contributed by atoms with E-state index >= 15 is 0 Å². The van der Waals surface area contributed by atoms with E-state index in [9.17, 15) is 4.79 Å². The van der Waals surface area contributed by atoms with Crippen LogP contribution in [0.2, 0.25) is 0 Å². The quantitative estimate of drug-likeness (QED) is 0.543. The summed E-state index contributed by atoms with van der Waals surface area (Å²) < 4.78 is 1.71. The predicted molar refractivity (Wildman–Crippen MR) is 88.3 cm³/mol. The third kappa shape index (κ3) is 2.30. The van der Waals surface area contributed by atoms with Gasteiger partial charge in [0.05, 0.1) is 17.5 Å². The molecule has 0 saturated carbocycles. The number of hydrogen-bond donors (Lipinski definition) is 0. The number of nitrogens with zero attached hydrogens (tertiary/aromatic N) is 3. The van der Waals surface area contributed by atoms with Gasteiger partial charge in [-0.25, -0.2) is 9.50 Å². The average Bonchev–Trinajstić information content (AvgIpc) is 3.06. The van der Waals surface area contributed by atoms with E-state index in [-0.39, 0.29) is 5.78 Å². The van der Waals surface area contributed by atoms with E-state index in [1.807, 2.05) is 54.6 Å². The first-order valence-corrected chi connectivity index (χ1v) is 7.32. The Bertz CT molecular complexity index is 975. The second kappa shape index (κ2) is 5.50. The van der Waals surface area contributed by atoms with Crippen LogP contribution in [0.3, 0.4) is 0 Å². The standard InChI is InChI=1S/C19H13N3O/c23-18(15-9-5-2-6-10-15)16-13-21-22-17(11-12-20-19(16)22)14-7-3-1-4-8-14/h1-13H. The number of carbonyl (C=O) groups is 1. The van der Waals surface area contributed by atoms with Crippen molar-refractivity contribution in [1.82, 2.24) is 14.6 Å². The molecular weight excluding hydrogens is 286 g/mol. The molecule has 4 heteroatoms. The number of benzene rings is 2. The van der Waals surface area contributed by atoms with Gasteiger partial charge in [0.25, 0.3) is 0 Å². The van der Waals surface area contributed by atoms with Crippen LogP contribution in [0, 0.1) is 0 Å². The highest BCUT2D eigenvalue weighted by Gasteiger charge is 2.17. The normalized spacial score (nSPS) is 10.8. The molecule has 4 nitrogen and oxygen atoms in total. The highest BCUT2D eigenvalue weighted by molar-refractivity contribution is 6.12. The van der Waals surface area contributed by atoms with E-state index in [1.165, 1.54) is 0 Å². The Hall–Kier alpha value is -3.27. The number of carbonyl (C=O) groups excluding carboxylic acids is 1. The van der Waals surface area contributed by atoms with Gasteiger partial charge in [0.15, 0.2) is 11.4 Å². The van der Waals surface area contributed by atoms with Gasteiger partial charge in [-0.2, -0.15) is 5.10 Å². The summed E-state index contributed by atoms with van der Waals surface area (Å²) in [6, 6.07) is 21.0. The van der Waals surface area contributed by atoms with Crippen molar-refractivity contribution < 1.29 is 4.79 Å². The summed E-state index contributed by atoms with van der Waals surface area (Å²) in [4.78, 5) is 17.0. The van der Waals surface area contributed by atoms with Crippen LogP contribution < -0.4 is 0 Å². The second-order valence-corrected chi connectivity index (χ2v) is 5.18. The zero-order valence-electron chi connectivity index (χ0n) is 12.3. The first-order chi connectivity index (χ1) is 11.3. The summed E-state index contributed by atoms with van der Waals surface area (Å²) in [6.07, 6.45) is 3.30. The van der Waals surface area contributed by atoms with E-state index < -0.39 is 0 Å². The van der Waals surface area contributed by atoms with E-state index in [1.54, 1.807) is 29.0 Å². The minimum Gasteiger partial charge on any atom is -0.288 e. The predicted octanol–water partition coefficient (Wildman–Crippen LogP) is 3.63. The fourth-order valence-corrected chi connectivity index (χ4v) is 2.62. The average molecular weight is 299 g/mol. The van der Waals surface area contributed by atoms with Gasteiger partial charge >= 0.3 is 0 Å². The molecule has 2 aromatic carbocycles. The van der Waals surface area contributed by atoms with Crippen LogP contribution in [0.15, 0.2) is 79.1 Å². The summed E-state index contributed by atoms with van der Waals surface area (Å²) in [5.74, 6) is -0.0710. The molecule has 0 spiro atoms. The van der Waals surface area contributed by atoms with Crippen LogP contribution in [0.25, 0.3) is 16.9 Å². The smallest absolute Gasteiger partial charge is 0.198 e. The zero-order valence-corrected chi connectivity index (χ0v) is 12.3. The summed E-state index contributed by atoms with van der Waals surface area (Å²) in [6.45, 7) is 0. The Balaban J connectivity index is 1.87. The van der Waals surface area contributed by atoms with E-state index in [0.29, 0.717) is 16.8 Å². The lowest BCUT2D eigenvalue weighted by Gasteiger charge is -2.04. The maximum Gasteiger partial charge on any atom is 0.198 e. The molecule has 23 heavy (non-hydrogen) atoms. The number of hydrogen-bond acceptors (Lipinski definition) is 3. The van der Waals surface area contributed by atoms with E-state index in [2.05, 4.69) is 10.1 Å². The minimum absolute atomic E-state index is 0.0710. The van der Waals surface area contributed by atoms with Crippen molar-refractivity contribution in [3.05, 3.63) is 90.3 Å². The number of rotatable bonds is 3. The monoisotopic (exact) mass is 299 g/mol. The molecule has 2 aromatic heterocycles. The first-order valence-electron chi connectivity index (χ1n) is 7.32. The summed E-state index contributed by atoms with van der Waals surface area (Å²) >= 11 is 0. The van der Waals surface area contributed by atoms with Crippen molar-refractivity contribution in [3.63, 3.8) is 0 Å². The number of aromatic nitrogens is 3. The summed E-state index contributed by atoms with van der Waals surface area (Å²) in [7, 11) is 0. The molecule has 0 aliphatic rings. The molecule has 0 N–H and O–H groups in total. The second-order valence-electron chi connectivity index (χ2n) is 5.18. The molecular formula is C19H13N3O. The summed E-state index contributed by atoms with van der Waals surface area (Å²) in [5.41, 5.74) is 3.65. The molecule has 0 saturated heterocycles. The molecule has 2 heterocycles. The third-order valence-electron chi connectivity index (χ3n) is 3.75. The highest BCUT2D eigenvalue weighted by atomic mass is 16.1. The van der Waals surface area contributed by atoms with Gasteiger partial charge in [0.2, 0.25) is 0 Å². The Kier molecular flexibility index (Phi) is 3.20.